The summed E-state index contributed by atoms with van der Waals surface area (Å²) in [5, 5.41) is 3.85. The molecule has 0 saturated carbocycles. The Kier molecular flexibility index (Phi) is 4.09. The van der Waals surface area contributed by atoms with Crippen LogP contribution in [0, 0.1) is 6.92 Å². The van der Waals surface area contributed by atoms with Gasteiger partial charge in [0.25, 0.3) is 0 Å². The van der Waals surface area contributed by atoms with Crippen molar-refractivity contribution < 1.29 is 4.52 Å². The largest absolute Gasteiger partial charge is 0.363 e. The summed E-state index contributed by atoms with van der Waals surface area (Å²) in [6, 6.07) is 10.5. The number of aromatic nitrogens is 1. The lowest BCUT2D eigenvalue weighted by atomic mass is 9.85. The van der Waals surface area contributed by atoms with Gasteiger partial charge in [-0.1, -0.05) is 49.3 Å². The molecule has 0 fully saturated rings. The van der Waals surface area contributed by atoms with Gasteiger partial charge in [0.2, 0.25) is 0 Å². The lowest BCUT2D eigenvalue weighted by Crippen LogP contribution is -2.29. The maximum atomic E-state index is 4.90. The highest BCUT2D eigenvalue weighted by atomic mass is 32.2. The van der Waals surface area contributed by atoms with Crippen molar-refractivity contribution in [2.24, 2.45) is 0 Å². The van der Waals surface area contributed by atoms with Gasteiger partial charge in [-0.2, -0.15) is 0 Å². The molecule has 0 unspecified atom stereocenters. The molecule has 1 aromatic heterocycles. The Balaban J connectivity index is 1.92. The van der Waals surface area contributed by atoms with Crippen molar-refractivity contribution in [3.8, 4) is 0 Å². The van der Waals surface area contributed by atoms with Crippen molar-refractivity contribution in [3.63, 3.8) is 0 Å². The first-order chi connectivity index (χ1) is 8.59. The molecule has 0 aliphatic rings. The highest BCUT2D eigenvalue weighted by Gasteiger charge is 2.20. The normalized spacial score (nSPS) is 11.7. The predicted molar refractivity (Wildman–Crippen MR) is 74.6 cm³/mol. The van der Waals surface area contributed by atoms with E-state index in [0.29, 0.717) is 0 Å². The average Bonchev–Trinajstić information content (AvgIpc) is 2.76. The van der Waals surface area contributed by atoms with Crippen LogP contribution in [0.4, 0.5) is 0 Å². The van der Waals surface area contributed by atoms with Crippen LogP contribution in [0.25, 0.3) is 0 Å². The molecular formula is C14H18N2OS. The summed E-state index contributed by atoms with van der Waals surface area (Å²) in [5.41, 5.74) is 2.35. The van der Waals surface area contributed by atoms with Crippen molar-refractivity contribution >= 4 is 11.9 Å². The highest BCUT2D eigenvalue weighted by Crippen LogP contribution is 2.24. The van der Waals surface area contributed by atoms with Crippen molar-refractivity contribution in [2.45, 2.75) is 31.1 Å². The van der Waals surface area contributed by atoms with Gasteiger partial charge in [-0.15, -0.1) is 0 Å². The summed E-state index contributed by atoms with van der Waals surface area (Å²) in [5.74, 6) is 0. The van der Waals surface area contributed by atoms with E-state index in [4.69, 9.17) is 4.52 Å². The molecule has 4 heteroatoms. The summed E-state index contributed by atoms with van der Waals surface area (Å²) in [4.78, 5) is 1.04. The second-order valence-electron chi connectivity index (χ2n) is 4.94. The third-order valence-electron chi connectivity index (χ3n) is 2.96. The summed E-state index contributed by atoms with van der Waals surface area (Å²) < 4.78 is 8.29. The molecule has 2 rings (SSSR count). The summed E-state index contributed by atoms with van der Waals surface area (Å²) in [6.07, 6.45) is 1.67. The number of benzene rings is 1. The second kappa shape index (κ2) is 5.59. The van der Waals surface area contributed by atoms with Crippen LogP contribution in [0.1, 0.15) is 25.1 Å². The first-order valence-corrected chi connectivity index (χ1v) is 6.77. The SMILES string of the molecule is Cc1nocc1SNCC(C)(C)c1ccccc1. The molecule has 1 aromatic carbocycles. The van der Waals surface area contributed by atoms with Gasteiger partial charge >= 0.3 is 0 Å². The van der Waals surface area contributed by atoms with Crippen LogP contribution >= 0.6 is 11.9 Å². The van der Waals surface area contributed by atoms with E-state index in [-0.39, 0.29) is 5.41 Å². The van der Waals surface area contributed by atoms with Crippen LogP contribution in [0.15, 0.2) is 46.0 Å². The quantitative estimate of drug-likeness (QED) is 0.836. The number of hydrogen-bond acceptors (Lipinski definition) is 4. The fourth-order valence-corrected chi connectivity index (χ4v) is 2.53. The molecule has 0 aliphatic carbocycles. The van der Waals surface area contributed by atoms with Crippen LogP contribution in [-0.4, -0.2) is 11.7 Å². The lowest BCUT2D eigenvalue weighted by Gasteiger charge is -2.25. The van der Waals surface area contributed by atoms with E-state index in [2.05, 4.69) is 48.0 Å². The summed E-state index contributed by atoms with van der Waals surface area (Å²) in [6.45, 7) is 7.29. The molecular weight excluding hydrogens is 244 g/mol. The molecule has 2 aromatic rings. The van der Waals surface area contributed by atoms with Gasteiger partial charge in [-0.3, -0.25) is 4.72 Å². The molecule has 96 valence electrons. The number of rotatable bonds is 5. The van der Waals surface area contributed by atoms with Gasteiger partial charge in [0.05, 0.1) is 10.6 Å². The Morgan fingerprint density at radius 1 is 1.28 bits per heavy atom. The molecule has 0 saturated heterocycles. The third kappa shape index (κ3) is 3.15. The second-order valence-corrected chi connectivity index (χ2v) is 5.87. The minimum atomic E-state index is 0.0966. The summed E-state index contributed by atoms with van der Waals surface area (Å²) in [7, 11) is 0. The minimum Gasteiger partial charge on any atom is -0.363 e. The van der Waals surface area contributed by atoms with E-state index in [9.17, 15) is 0 Å². The van der Waals surface area contributed by atoms with Crippen LogP contribution < -0.4 is 4.72 Å². The lowest BCUT2D eigenvalue weighted by molar-refractivity contribution is 0.413. The molecule has 1 N–H and O–H groups in total. The number of nitrogens with one attached hydrogen (secondary N) is 1. The zero-order chi connectivity index (χ0) is 13.0. The smallest absolute Gasteiger partial charge is 0.138 e. The maximum absolute atomic E-state index is 4.90. The predicted octanol–water partition coefficient (Wildman–Crippen LogP) is 3.56. The Hall–Kier alpha value is -1.26. The molecule has 0 amide bonds. The standard InChI is InChI=1S/C14H18N2OS/c1-11-13(9-17-16-11)18-15-10-14(2,3)12-7-5-4-6-8-12/h4-9,15H,10H2,1-3H3. The topological polar surface area (TPSA) is 38.1 Å². The van der Waals surface area contributed by atoms with Crippen LogP contribution in [0.3, 0.4) is 0 Å². The van der Waals surface area contributed by atoms with E-state index >= 15 is 0 Å². The van der Waals surface area contributed by atoms with Gasteiger partial charge in [-0.05, 0) is 24.4 Å². The third-order valence-corrected chi connectivity index (χ3v) is 3.86. The van der Waals surface area contributed by atoms with Crippen molar-refractivity contribution in [1.82, 2.24) is 9.88 Å². The maximum Gasteiger partial charge on any atom is 0.138 e. The van der Waals surface area contributed by atoms with Gasteiger partial charge in [0.1, 0.15) is 6.26 Å². The Morgan fingerprint density at radius 2 is 2.00 bits per heavy atom. The van der Waals surface area contributed by atoms with Gasteiger partial charge in [0.15, 0.2) is 0 Å². The molecule has 0 bridgehead atoms. The van der Waals surface area contributed by atoms with E-state index in [1.165, 1.54) is 5.56 Å². The van der Waals surface area contributed by atoms with Crippen molar-refractivity contribution in [2.75, 3.05) is 6.54 Å². The molecule has 0 spiro atoms. The Morgan fingerprint density at radius 3 is 2.61 bits per heavy atom. The Bertz CT molecular complexity index is 494. The zero-order valence-electron chi connectivity index (χ0n) is 10.9. The number of hydrogen-bond donors (Lipinski definition) is 1. The number of nitrogens with zero attached hydrogens (tertiary/aromatic N) is 1. The number of aryl methyl sites for hydroxylation is 1. The molecule has 0 atom stereocenters. The fraction of sp³-hybridized carbons (Fsp3) is 0.357. The first kappa shape index (κ1) is 13.2. The Labute approximate surface area is 112 Å². The van der Waals surface area contributed by atoms with E-state index in [1.54, 1.807) is 18.2 Å². The minimum absolute atomic E-state index is 0.0966. The first-order valence-electron chi connectivity index (χ1n) is 5.96. The molecule has 0 radical (unpaired) electrons. The van der Waals surface area contributed by atoms with Gasteiger partial charge < -0.3 is 4.52 Å². The van der Waals surface area contributed by atoms with Crippen molar-refractivity contribution in [1.29, 1.82) is 0 Å². The van der Waals surface area contributed by atoms with Gasteiger partial charge in [0, 0.05) is 12.0 Å². The molecule has 18 heavy (non-hydrogen) atoms. The monoisotopic (exact) mass is 262 g/mol. The molecule has 3 nitrogen and oxygen atoms in total. The van der Waals surface area contributed by atoms with Crippen LogP contribution in [-0.2, 0) is 5.41 Å². The molecule has 0 aliphatic heterocycles. The van der Waals surface area contributed by atoms with Crippen LogP contribution in [0.2, 0.25) is 0 Å². The molecule has 1 heterocycles. The average molecular weight is 262 g/mol. The van der Waals surface area contributed by atoms with E-state index < -0.39 is 0 Å². The zero-order valence-corrected chi connectivity index (χ0v) is 11.8. The van der Waals surface area contributed by atoms with Gasteiger partial charge in [-0.25, -0.2) is 0 Å². The van der Waals surface area contributed by atoms with Crippen LogP contribution in [0.5, 0.6) is 0 Å². The summed E-state index contributed by atoms with van der Waals surface area (Å²) >= 11 is 1.57. The van der Waals surface area contributed by atoms with E-state index in [0.717, 1.165) is 17.1 Å². The fourth-order valence-electron chi connectivity index (χ4n) is 1.67. The highest BCUT2D eigenvalue weighted by molar-refractivity contribution is 7.97. The van der Waals surface area contributed by atoms with E-state index in [1.807, 2.05) is 13.0 Å². The van der Waals surface area contributed by atoms with Crippen molar-refractivity contribution in [3.05, 3.63) is 47.9 Å².